The van der Waals surface area contributed by atoms with Crippen molar-refractivity contribution in [2.45, 2.75) is 12.5 Å². The third-order valence-corrected chi connectivity index (χ3v) is 2.28. The van der Waals surface area contributed by atoms with E-state index < -0.39 is 0 Å². The Morgan fingerprint density at radius 1 is 1.54 bits per heavy atom. The molecule has 3 N–H and O–H groups in total. The summed E-state index contributed by atoms with van der Waals surface area (Å²) in [6, 6.07) is 5.63. The zero-order valence-electron chi connectivity index (χ0n) is 7.27. The first-order chi connectivity index (χ1) is 6.31. The summed E-state index contributed by atoms with van der Waals surface area (Å²) in [5, 5.41) is 8.87. The molecule has 1 aromatic rings. The van der Waals surface area contributed by atoms with Gasteiger partial charge in [0.05, 0.1) is 18.3 Å². The summed E-state index contributed by atoms with van der Waals surface area (Å²) >= 11 is 0. The van der Waals surface area contributed by atoms with E-state index in [4.69, 9.17) is 10.8 Å². The van der Waals surface area contributed by atoms with Gasteiger partial charge in [-0.1, -0.05) is 12.1 Å². The lowest BCUT2D eigenvalue weighted by Gasteiger charge is -2.09. The first-order valence-corrected chi connectivity index (χ1v) is 4.33. The van der Waals surface area contributed by atoms with Gasteiger partial charge in [0, 0.05) is 12.6 Å². The van der Waals surface area contributed by atoms with Crippen LogP contribution in [-0.4, -0.2) is 17.9 Å². The topological polar surface area (TPSA) is 58.6 Å². The molecule has 0 saturated heterocycles. The minimum Gasteiger partial charge on any atom is -0.394 e. The zero-order valence-corrected chi connectivity index (χ0v) is 7.27. The molecule has 0 aliphatic carbocycles. The third kappa shape index (κ3) is 1.48. The van der Waals surface area contributed by atoms with Crippen LogP contribution in [0.15, 0.2) is 23.2 Å². The van der Waals surface area contributed by atoms with Crippen LogP contribution in [-0.2, 0) is 6.42 Å². The molecule has 0 radical (unpaired) electrons. The predicted octanol–water partition coefficient (Wildman–Crippen LogP) is 0.937. The molecule has 0 fully saturated rings. The van der Waals surface area contributed by atoms with E-state index >= 15 is 0 Å². The van der Waals surface area contributed by atoms with Gasteiger partial charge in [-0.2, -0.15) is 0 Å². The number of hydrogen-bond acceptors (Lipinski definition) is 3. The largest absolute Gasteiger partial charge is 0.394 e. The van der Waals surface area contributed by atoms with Gasteiger partial charge in [0.2, 0.25) is 0 Å². The van der Waals surface area contributed by atoms with E-state index in [9.17, 15) is 0 Å². The lowest BCUT2D eigenvalue weighted by Crippen LogP contribution is -2.14. The summed E-state index contributed by atoms with van der Waals surface area (Å²) in [5.74, 6) is 0. The normalized spacial score (nSPS) is 15.8. The molecule has 0 spiro atoms. The third-order valence-electron chi connectivity index (χ3n) is 2.28. The van der Waals surface area contributed by atoms with Crippen LogP contribution in [0, 0.1) is 0 Å². The highest BCUT2D eigenvalue weighted by atomic mass is 16.3. The molecule has 68 valence electrons. The number of rotatable bonds is 2. The highest BCUT2D eigenvalue weighted by Gasteiger charge is 2.10. The first kappa shape index (κ1) is 8.41. The highest BCUT2D eigenvalue weighted by molar-refractivity contribution is 5.76. The standard InChI is InChI=1S/C10H12N2O/c11-9(6-13)8-2-1-7-3-4-12-10(7)5-8/h1-2,4-5,9,13H,3,6,11H2/t9-/m0/s1. The maximum absolute atomic E-state index is 8.87. The van der Waals surface area contributed by atoms with E-state index in [0.29, 0.717) is 0 Å². The Morgan fingerprint density at radius 2 is 2.38 bits per heavy atom. The van der Waals surface area contributed by atoms with Crippen molar-refractivity contribution in [1.82, 2.24) is 0 Å². The molecule has 1 aromatic carbocycles. The number of hydrogen-bond donors (Lipinski definition) is 2. The lowest BCUT2D eigenvalue weighted by molar-refractivity contribution is 0.268. The Balaban J connectivity index is 2.35. The fourth-order valence-corrected chi connectivity index (χ4v) is 1.45. The number of aliphatic imine (C=N–C) groups is 1. The Labute approximate surface area is 76.9 Å². The Morgan fingerprint density at radius 3 is 3.15 bits per heavy atom. The molecule has 0 aromatic heterocycles. The molecule has 0 amide bonds. The molecular weight excluding hydrogens is 164 g/mol. The van der Waals surface area contributed by atoms with Crippen LogP contribution in [0.25, 0.3) is 0 Å². The highest BCUT2D eigenvalue weighted by Crippen LogP contribution is 2.26. The second kappa shape index (κ2) is 3.28. The van der Waals surface area contributed by atoms with Gasteiger partial charge in [0.15, 0.2) is 0 Å². The summed E-state index contributed by atoms with van der Waals surface area (Å²) < 4.78 is 0. The maximum atomic E-state index is 8.87. The fraction of sp³-hybridized carbons (Fsp3) is 0.300. The molecule has 13 heavy (non-hydrogen) atoms. The summed E-state index contributed by atoms with van der Waals surface area (Å²) in [5.41, 5.74) is 8.85. The maximum Gasteiger partial charge on any atom is 0.0664 e. The van der Waals surface area contributed by atoms with E-state index in [2.05, 4.69) is 4.99 Å². The average Bonchev–Trinajstić information content (AvgIpc) is 2.63. The van der Waals surface area contributed by atoms with Gasteiger partial charge in [-0.05, 0) is 17.2 Å². The SMILES string of the molecule is N[C@@H](CO)c1ccc2c(c1)N=CC2. The summed E-state index contributed by atoms with van der Waals surface area (Å²) in [4.78, 5) is 4.21. The van der Waals surface area contributed by atoms with Crippen LogP contribution >= 0.6 is 0 Å². The number of nitrogens with two attached hydrogens (primary N) is 1. The molecular formula is C10H12N2O. The molecule has 3 nitrogen and oxygen atoms in total. The van der Waals surface area contributed by atoms with Crippen LogP contribution in [0.2, 0.25) is 0 Å². The quantitative estimate of drug-likeness (QED) is 0.704. The Bertz CT molecular complexity index is 347. The van der Waals surface area contributed by atoms with Crippen LogP contribution < -0.4 is 5.73 Å². The molecule has 1 atom stereocenters. The number of aliphatic hydroxyl groups excluding tert-OH is 1. The summed E-state index contributed by atoms with van der Waals surface area (Å²) in [6.45, 7) is -0.0253. The Kier molecular flexibility index (Phi) is 2.12. The average molecular weight is 176 g/mol. The van der Waals surface area contributed by atoms with Gasteiger partial charge in [0.25, 0.3) is 0 Å². The molecule has 0 bridgehead atoms. The van der Waals surface area contributed by atoms with Gasteiger partial charge in [-0.15, -0.1) is 0 Å². The van der Waals surface area contributed by atoms with Gasteiger partial charge in [0.1, 0.15) is 0 Å². The molecule has 0 unspecified atom stereocenters. The predicted molar refractivity (Wildman–Crippen MR) is 52.3 cm³/mol. The van der Waals surface area contributed by atoms with Crippen molar-refractivity contribution in [2.24, 2.45) is 10.7 Å². The molecule has 1 aliphatic rings. The van der Waals surface area contributed by atoms with Gasteiger partial charge >= 0.3 is 0 Å². The van der Waals surface area contributed by atoms with Crippen LogP contribution in [0.3, 0.4) is 0 Å². The lowest BCUT2D eigenvalue weighted by atomic mass is 10.0. The number of aliphatic hydroxyl groups is 1. The summed E-state index contributed by atoms with van der Waals surface area (Å²) in [7, 11) is 0. The number of nitrogens with zero attached hydrogens (tertiary/aromatic N) is 1. The molecule has 0 saturated carbocycles. The molecule has 1 aliphatic heterocycles. The Hall–Kier alpha value is -1.19. The van der Waals surface area contributed by atoms with Crippen molar-refractivity contribution in [1.29, 1.82) is 0 Å². The second-order valence-electron chi connectivity index (χ2n) is 3.19. The van der Waals surface area contributed by atoms with Crippen molar-refractivity contribution in [3.63, 3.8) is 0 Å². The molecule has 3 heteroatoms. The zero-order chi connectivity index (χ0) is 9.26. The van der Waals surface area contributed by atoms with Gasteiger partial charge in [-0.3, -0.25) is 4.99 Å². The van der Waals surface area contributed by atoms with E-state index in [0.717, 1.165) is 17.7 Å². The summed E-state index contributed by atoms with van der Waals surface area (Å²) in [6.07, 6.45) is 2.79. The van der Waals surface area contributed by atoms with Crippen molar-refractivity contribution < 1.29 is 5.11 Å². The van der Waals surface area contributed by atoms with Crippen LogP contribution in [0.4, 0.5) is 5.69 Å². The van der Waals surface area contributed by atoms with E-state index in [1.54, 1.807) is 0 Å². The first-order valence-electron chi connectivity index (χ1n) is 4.33. The minimum atomic E-state index is -0.291. The number of benzene rings is 1. The van der Waals surface area contributed by atoms with E-state index in [1.165, 1.54) is 5.56 Å². The monoisotopic (exact) mass is 176 g/mol. The van der Waals surface area contributed by atoms with Crippen molar-refractivity contribution in [3.8, 4) is 0 Å². The van der Waals surface area contributed by atoms with Crippen molar-refractivity contribution in [2.75, 3.05) is 6.61 Å². The van der Waals surface area contributed by atoms with Crippen LogP contribution in [0.5, 0.6) is 0 Å². The van der Waals surface area contributed by atoms with Gasteiger partial charge < -0.3 is 10.8 Å². The van der Waals surface area contributed by atoms with Crippen molar-refractivity contribution >= 4 is 11.9 Å². The smallest absolute Gasteiger partial charge is 0.0664 e. The van der Waals surface area contributed by atoms with E-state index in [1.807, 2.05) is 24.4 Å². The van der Waals surface area contributed by atoms with E-state index in [-0.39, 0.29) is 12.6 Å². The van der Waals surface area contributed by atoms with Crippen molar-refractivity contribution in [3.05, 3.63) is 29.3 Å². The van der Waals surface area contributed by atoms with Gasteiger partial charge in [-0.25, -0.2) is 0 Å². The number of fused-ring (bicyclic) bond motifs is 1. The fourth-order valence-electron chi connectivity index (χ4n) is 1.45. The molecule has 1 heterocycles. The molecule has 2 rings (SSSR count). The van der Waals surface area contributed by atoms with Crippen LogP contribution in [0.1, 0.15) is 17.2 Å². The minimum absolute atomic E-state index is 0.0253. The second-order valence-corrected chi connectivity index (χ2v) is 3.19.